The van der Waals surface area contributed by atoms with Gasteiger partial charge in [-0.2, -0.15) is 9.61 Å². The molecule has 0 spiro atoms. The lowest BCUT2D eigenvalue weighted by Crippen LogP contribution is -2.00. The molecule has 0 aliphatic heterocycles. The molecular formula is C11H17ClN4O2. The molecule has 0 saturated heterocycles. The summed E-state index contributed by atoms with van der Waals surface area (Å²) in [5, 5.41) is 14.5. The van der Waals surface area contributed by atoms with Crippen molar-refractivity contribution in [2.24, 2.45) is 0 Å². The van der Waals surface area contributed by atoms with Crippen LogP contribution in [0.25, 0.3) is 5.65 Å². The number of fused-ring (bicyclic) bond motifs is 1. The zero-order valence-corrected chi connectivity index (χ0v) is 11.6. The topological polar surface area (TPSA) is 79.5 Å². The third kappa shape index (κ3) is 3.89. The summed E-state index contributed by atoms with van der Waals surface area (Å²) < 4.78 is 1.72. The third-order valence-electron chi connectivity index (χ3n) is 1.87. The highest BCUT2D eigenvalue weighted by Gasteiger charge is 2.06. The Morgan fingerprint density at radius 2 is 2.06 bits per heavy atom. The Morgan fingerprint density at radius 1 is 1.50 bits per heavy atom. The van der Waals surface area contributed by atoms with Gasteiger partial charge < -0.3 is 10.4 Å². The molecule has 0 fully saturated rings. The molecule has 100 valence electrons. The van der Waals surface area contributed by atoms with Gasteiger partial charge in [0.25, 0.3) is 6.47 Å². The summed E-state index contributed by atoms with van der Waals surface area (Å²) in [6.07, 6.45) is 1.76. The first-order valence-electron chi connectivity index (χ1n) is 5.40. The zero-order chi connectivity index (χ0) is 14.1. The average molecular weight is 273 g/mol. The minimum Gasteiger partial charge on any atom is -0.483 e. The molecule has 2 N–H and O–H groups in total. The molecule has 7 heteroatoms. The number of nitrogens with one attached hydrogen (secondary N) is 1. The average Bonchev–Trinajstić information content (AvgIpc) is 2.74. The van der Waals surface area contributed by atoms with E-state index in [1.807, 2.05) is 27.8 Å². The quantitative estimate of drug-likeness (QED) is 0.616. The number of aromatic nitrogens is 3. The third-order valence-corrected chi connectivity index (χ3v) is 2.07. The molecule has 2 rings (SSSR count). The van der Waals surface area contributed by atoms with Gasteiger partial charge in [-0.1, -0.05) is 25.4 Å². The summed E-state index contributed by atoms with van der Waals surface area (Å²) >= 11 is 5.84. The van der Waals surface area contributed by atoms with E-state index in [2.05, 4.69) is 15.4 Å². The second-order valence-corrected chi connectivity index (χ2v) is 3.27. The van der Waals surface area contributed by atoms with Crippen molar-refractivity contribution < 1.29 is 9.90 Å². The summed E-state index contributed by atoms with van der Waals surface area (Å²) in [6, 6.07) is 1.74. The van der Waals surface area contributed by atoms with Crippen LogP contribution in [0.3, 0.4) is 0 Å². The Bertz CT molecular complexity index is 499. The van der Waals surface area contributed by atoms with Crippen LogP contribution in [-0.2, 0) is 4.79 Å². The van der Waals surface area contributed by atoms with Crippen molar-refractivity contribution in [2.45, 2.75) is 20.8 Å². The lowest BCUT2D eigenvalue weighted by molar-refractivity contribution is -0.122. The van der Waals surface area contributed by atoms with E-state index in [0.717, 1.165) is 17.0 Å². The van der Waals surface area contributed by atoms with Gasteiger partial charge in [-0.15, -0.1) is 0 Å². The number of hydrogen-bond acceptors (Lipinski definition) is 4. The molecule has 2 aromatic heterocycles. The van der Waals surface area contributed by atoms with E-state index >= 15 is 0 Å². The van der Waals surface area contributed by atoms with Crippen LogP contribution in [0.1, 0.15) is 19.4 Å². The van der Waals surface area contributed by atoms with Gasteiger partial charge in [-0.05, 0) is 6.92 Å². The van der Waals surface area contributed by atoms with Crippen LogP contribution in [0.4, 0.5) is 5.82 Å². The Labute approximate surface area is 111 Å². The van der Waals surface area contributed by atoms with Gasteiger partial charge in [0, 0.05) is 18.7 Å². The standard InChI is InChI=1S/C8H9ClN4.C2H6.CH2O2/c1-5-4-11-13-7(10-2)3-6(9)12-8(5)13;1-2;2-1-3/h3-4,10H,1-2H3;1-2H3;1H,(H,2,3). The van der Waals surface area contributed by atoms with Crippen molar-refractivity contribution in [3.05, 3.63) is 23.0 Å². The van der Waals surface area contributed by atoms with E-state index in [1.165, 1.54) is 0 Å². The van der Waals surface area contributed by atoms with Gasteiger partial charge in [0.1, 0.15) is 11.0 Å². The van der Waals surface area contributed by atoms with Gasteiger partial charge in [-0.3, -0.25) is 4.79 Å². The van der Waals surface area contributed by atoms with Crippen LogP contribution in [0.5, 0.6) is 0 Å². The lowest BCUT2D eigenvalue weighted by Gasteiger charge is -2.03. The molecule has 6 nitrogen and oxygen atoms in total. The van der Waals surface area contributed by atoms with Crippen molar-refractivity contribution in [2.75, 3.05) is 12.4 Å². The summed E-state index contributed by atoms with van der Waals surface area (Å²) in [6.45, 7) is 5.70. The van der Waals surface area contributed by atoms with E-state index < -0.39 is 0 Å². The van der Waals surface area contributed by atoms with Crippen molar-refractivity contribution in [3.63, 3.8) is 0 Å². The number of hydrogen-bond donors (Lipinski definition) is 2. The van der Waals surface area contributed by atoms with E-state index in [4.69, 9.17) is 21.5 Å². The predicted octanol–water partition coefficient (Wildman–Crippen LogP) is 2.46. The fraction of sp³-hybridized carbons (Fsp3) is 0.364. The smallest absolute Gasteiger partial charge is 0.290 e. The molecule has 0 bridgehead atoms. The summed E-state index contributed by atoms with van der Waals surface area (Å²) in [5.74, 6) is 0.836. The van der Waals surface area contributed by atoms with Gasteiger partial charge in [-0.25, -0.2) is 4.98 Å². The highest BCUT2D eigenvalue weighted by atomic mass is 35.5. The van der Waals surface area contributed by atoms with Crippen molar-refractivity contribution in [1.29, 1.82) is 0 Å². The molecule has 0 aromatic carbocycles. The second kappa shape index (κ2) is 8.30. The number of aryl methyl sites for hydroxylation is 1. The molecule has 18 heavy (non-hydrogen) atoms. The second-order valence-electron chi connectivity index (χ2n) is 2.88. The van der Waals surface area contributed by atoms with Crippen LogP contribution in [0.15, 0.2) is 12.3 Å². The Kier molecular flexibility index (Phi) is 7.46. The monoisotopic (exact) mass is 272 g/mol. The minimum atomic E-state index is -0.250. The van der Waals surface area contributed by atoms with E-state index in [1.54, 1.807) is 16.8 Å². The number of anilines is 1. The van der Waals surface area contributed by atoms with Gasteiger partial charge >= 0.3 is 0 Å². The van der Waals surface area contributed by atoms with E-state index in [0.29, 0.717) is 5.15 Å². The highest BCUT2D eigenvalue weighted by Crippen LogP contribution is 2.17. The maximum atomic E-state index is 8.36. The van der Waals surface area contributed by atoms with Crippen LogP contribution in [0, 0.1) is 6.92 Å². The van der Waals surface area contributed by atoms with E-state index in [-0.39, 0.29) is 6.47 Å². The van der Waals surface area contributed by atoms with Crippen molar-refractivity contribution in [1.82, 2.24) is 14.6 Å². The summed E-state index contributed by atoms with van der Waals surface area (Å²) in [7, 11) is 1.82. The fourth-order valence-corrected chi connectivity index (χ4v) is 1.40. The Hall–Kier alpha value is -1.82. The summed E-state index contributed by atoms with van der Waals surface area (Å²) in [5.41, 5.74) is 1.80. The Balaban J connectivity index is 0.000000509. The molecule has 0 atom stereocenters. The molecule has 0 amide bonds. The number of nitrogens with zero attached hydrogens (tertiary/aromatic N) is 3. The van der Waals surface area contributed by atoms with Crippen LogP contribution >= 0.6 is 11.6 Å². The number of carbonyl (C=O) groups is 1. The molecule has 2 heterocycles. The van der Waals surface area contributed by atoms with Gasteiger partial charge in [0.05, 0.1) is 6.20 Å². The molecule has 0 radical (unpaired) electrons. The minimum absolute atomic E-state index is 0.250. The van der Waals surface area contributed by atoms with Crippen LogP contribution in [0.2, 0.25) is 5.15 Å². The van der Waals surface area contributed by atoms with Crippen molar-refractivity contribution in [3.8, 4) is 0 Å². The Morgan fingerprint density at radius 3 is 2.56 bits per heavy atom. The molecule has 2 aromatic rings. The maximum Gasteiger partial charge on any atom is 0.290 e. The SMILES string of the molecule is CC.CNc1cc(Cl)nc2c(C)cnn12.O=CO. The zero-order valence-electron chi connectivity index (χ0n) is 10.8. The maximum absolute atomic E-state index is 8.36. The molecule has 0 saturated carbocycles. The first kappa shape index (κ1) is 16.2. The first-order valence-corrected chi connectivity index (χ1v) is 5.78. The molecule has 0 aliphatic carbocycles. The lowest BCUT2D eigenvalue weighted by atomic mass is 10.4. The van der Waals surface area contributed by atoms with Crippen LogP contribution in [-0.4, -0.2) is 33.2 Å². The normalized spacial score (nSPS) is 8.72. The van der Waals surface area contributed by atoms with Crippen molar-refractivity contribution >= 4 is 29.5 Å². The number of halogens is 1. The highest BCUT2D eigenvalue weighted by molar-refractivity contribution is 6.29. The predicted molar refractivity (Wildman–Crippen MR) is 72.3 cm³/mol. The number of rotatable bonds is 1. The summed E-state index contributed by atoms with van der Waals surface area (Å²) in [4.78, 5) is 12.5. The van der Waals surface area contributed by atoms with Gasteiger partial charge in [0.15, 0.2) is 5.65 Å². The van der Waals surface area contributed by atoms with E-state index in [9.17, 15) is 0 Å². The van der Waals surface area contributed by atoms with Gasteiger partial charge in [0.2, 0.25) is 0 Å². The molecule has 0 aliphatic rings. The fourth-order valence-electron chi connectivity index (χ4n) is 1.22. The first-order chi connectivity index (χ1) is 8.63. The largest absolute Gasteiger partial charge is 0.483 e. The molecular weight excluding hydrogens is 256 g/mol. The van der Waals surface area contributed by atoms with Crippen LogP contribution < -0.4 is 5.32 Å². The molecule has 0 unspecified atom stereocenters. The number of carboxylic acid groups (broad SMARTS) is 1.